The van der Waals surface area contributed by atoms with Crippen LogP contribution < -0.4 is 5.32 Å². The summed E-state index contributed by atoms with van der Waals surface area (Å²) in [4.78, 5) is 16.6. The van der Waals surface area contributed by atoms with Crippen LogP contribution in [0.25, 0.3) is 0 Å². The van der Waals surface area contributed by atoms with Crippen molar-refractivity contribution in [1.82, 2.24) is 15.1 Å². The van der Waals surface area contributed by atoms with Crippen LogP contribution in [-0.4, -0.2) is 73.0 Å². The van der Waals surface area contributed by atoms with Crippen LogP contribution in [0.3, 0.4) is 0 Å². The summed E-state index contributed by atoms with van der Waals surface area (Å²) in [5, 5.41) is 11.7. The number of hydrogen-bond acceptors (Lipinski definition) is 6. The van der Waals surface area contributed by atoms with Gasteiger partial charge in [0, 0.05) is 45.8 Å². The molecule has 2 bridgehead atoms. The van der Waals surface area contributed by atoms with Crippen molar-refractivity contribution in [2.24, 2.45) is 0 Å². The fourth-order valence-electron chi connectivity index (χ4n) is 3.92. The number of nitriles is 1. The Morgan fingerprint density at radius 3 is 2.38 bits per heavy atom. The summed E-state index contributed by atoms with van der Waals surface area (Å²) in [7, 11) is 0. The van der Waals surface area contributed by atoms with E-state index in [1.165, 1.54) is 5.56 Å². The Kier molecular flexibility index (Phi) is 7.12. The topological polar surface area (TPSA) is 77.8 Å². The van der Waals surface area contributed by atoms with Crippen molar-refractivity contribution in [3.63, 3.8) is 0 Å². The van der Waals surface area contributed by atoms with Gasteiger partial charge in [0.2, 0.25) is 0 Å². The Balaban J connectivity index is 1.38. The molecule has 2 aliphatic heterocycles. The maximum Gasteiger partial charge on any atom is 0.407 e. The lowest BCUT2D eigenvalue weighted by Gasteiger charge is -2.46. The molecule has 2 atom stereocenters. The third kappa shape index (κ3) is 7.00. The highest BCUT2D eigenvalue weighted by atomic mass is 16.6. The zero-order chi connectivity index (χ0) is 20.9. The number of rotatable bonds is 6. The van der Waals surface area contributed by atoms with Crippen molar-refractivity contribution < 1.29 is 14.3 Å². The van der Waals surface area contributed by atoms with Crippen LogP contribution >= 0.6 is 0 Å². The van der Waals surface area contributed by atoms with Crippen LogP contribution in [-0.2, 0) is 16.0 Å². The molecule has 2 aliphatic rings. The second-order valence-electron chi connectivity index (χ2n) is 8.92. The fraction of sp³-hybridized carbons (Fsp3) is 0.636. The molecule has 1 N–H and O–H groups in total. The van der Waals surface area contributed by atoms with Crippen molar-refractivity contribution in [3.05, 3.63) is 35.4 Å². The minimum Gasteiger partial charge on any atom is -0.444 e. The van der Waals surface area contributed by atoms with Gasteiger partial charge in [0.25, 0.3) is 0 Å². The van der Waals surface area contributed by atoms with Gasteiger partial charge in [-0.05, 0) is 44.9 Å². The summed E-state index contributed by atoms with van der Waals surface area (Å²) >= 11 is 0. The quantitative estimate of drug-likeness (QED) is 0.739. The van der Waals surface area contributed by atoms with Crippen LogP contribution in [0, 0.1) is 11.3 Å². The van der Waals surface area contributed by atoms with E-state index in [9.17, 15) is 4.79 Å². The number of nitrogens with one attached hydrogen (secondary N) is 1. The predicted molar refractivity (Wildman–Crippen MR) is 110 cm³/mol. The van der Waals surface area contributed by atoms with Gasteiger partial charge >= 0.3 is 6.09 Å². The molecule has 3 rings (SSSR count). The van der Waals surface area contributed by atoms with Crippen LogP contribution in [0.2, 0.25) is 0 Å². The molecular formula is C22H32N4O3. The number of carbonyl (C=O) groups excluding carboxylic acids is 1. The van der Waals surface area contributed by atoms with Gasteiger partial charge in [-0.25, -0.2) is 4.79 Å². The number of fused-ring (bicyclic) bond motifs is 2. The molecule has 1 aromatic carbocycles. The maximum atomic E-state index is 11.7. The highest BCUT2D eigenvalue weighted by molar-refractivity contribution is 5.67. The number of alkyl carbamates (subject to hydrolysis) is 1. The number of amides is 1. The average molecular weight is 401 g/mol. The van der Waals surface area contributed by atoms with Gasteiger partial charge < -0.3 is 14.8 Å². The molecule has 1 aromatic rings. The number of benzene rings is 1. The van der Waals surface area contributed by atoms with Crippen molar-refractivity contribution in [1.29, 1.82) is 5.26 Å². The Bertz CT molecular complexity index is 709. The average Bonchev–Trinajstić information content (AvgIpc) is 2.64. The lowest BCUT2D eigenvalue weighted by Crippen LogP contribution is -2.59. The smallest absolute Gasteiger partial charge is 0.407 e. The largest absolute Gasteiger partial charge is 0.444 e. The first kappa shape index (κ1) is 21.6. The maximum absolute atomic E-state index is 11.7. The Labute approximate surface area is 173 Å². The highest BCUT2D eigenvalue weighted by Crippen LogP contribution is 2.21. The molecule has 0 aliphatic carbocycles. The van der Waals surface area contributed by atoms with Gasteiger partial charge in [-0.3, -0.25) is 9.80 Å². The van der Waals surface area contributed by atoms with E-state index in [4.69, 9.17) is 14.7 Å². The Morgan fingerprint density at radius 1 is 1.17 bits per heavy atom. The lowest BCUT2D eigenvalue weighted by molar-refractivity contribution is -0.140. The monoisotopic (exact) mass is 400 g/mol. The van der Waals surface area contributed by atoms with E-state index < -0.39 is 5.60 Å². The van der Waals surface area contributed by atoms with Gasteiger partial charge in [-0.15, -0.1) is 0 Å². The van der Waals surface area contributed by atoms with Crippen LogP contribution in [0.5, 0.6) is 0 Å². The Morgan fingerprint density at radius 2 is 1.79 bits per heavy atom. The predicted octanol–water partition coefficient (Wildman–Crippen LogP) is 2.36. The molecule has 2 heterocycles. The summed E-state index contributed by atoms with van der Waals surface area (Å²) in [6.45, 7) is 11.7. The lowest BCUT2D eigenvalue weighted by atomic mass is 10.1. The number of carbonyl (C=O) groups is 1. The minimum absolute atomic E-state index is 0.222. The third-order valence-corrected chi connectivity index (χ3v) is 5.04. The normalized spacial score (nSPS) is 22.7. The molecule has 0 saturated carbocycles. The fourth-order valence-corrected chi connectivity index (χ4v) is 3.92. The van der Waals surface area contributed by atoms with Crippen LogP contribution in [0.4, 0.5) is 4.79 Å². The standard InChI is InChI=1S/C22H32N4O3/c1-22(2,3)29-21(27)24-9-4-10-25-13-19-15-26(16-20(14-25)28-19)12-18-7-5-17(11-23)6-8-18/h5-8,19-20H,4,9-10,12-16H2,1-3H3,(H,24,27). The molecule has 29 heavy (non-hydrogen) atoms. The van der Waals surface area contributed by atoms with Crippen molar-refractivity contribution in [3.8, 4) is 6.07 Å². The summed E-state index contributed by atoms with van der Waals surface area (Å²) in [6, 6.07) is 9.99. The zero-order valence-electron chi connectivity index (χ0n) is 17.7. The molecule has 0 aromatic heterocycles. The molecule has 0 radical (unpaired) electrons. The summed E-state index contributed by atoms with van der Waals surface area (Å²) < 4.78 is 11.4. The second kappa shape index (κ2) is 9.57. The van der Waals surface area contributed by atoms with E-state index >= 15 is 0 Å². The van der Waals surface area contributed by atoms with Crippen LogP contribution in [0.15, 0.2) is 24.3 Å². The van der Waals surface area contributed by atoms with Crippen LogP contribution in [0.1, 0.15) is 38.3 Å². The number of morpholine rings is 2. The second-order valence-corrected chi connectivity index (χ2v) is 8.92. The first-order chi connectivity index (χ1) is 13.8. The van der Waals surface area contributed by atoms with E-state index in [1.807, 2.05) is 45.0 Å². The van der Waals surface area contributed by atoms with Crippen molar-refractivity contribution in [2.75, 3.05) is 39.3 Å². The summed E-state index contributed by atoms with van der Waals surface area (Å²) in [6.07, 6.45) is 0.988. The minimum atomic E-state index is -0.463. The van der Waals surface area contributed by atoms with E-state index in [-0.39, 0.29) is 18.3 Å². The molecule has 2 unspecified atom stereocenters. The molecule has 158 valence electrons. The van der Waals surface area contributed by atoms with Crippen molar-refractivity contribution >= 4 is 6.09 Å². The van der Waals surface area contributed by atoms with E-state index in [0.29, 0.717) is 12.1 Å². The van der Waals surface area contributed by atoms with E-state index in [0.717, 1.165) is 45.7 Å². The molecule has 7 heteroatoms. The third-order valence-electron chi connectivity index (χ3n) is 5.04. The van der Waals surface area contributed by atoms with Gasteiger partial charge in [0.1, 0.15) is 5.60 Å². The Hall–Kier alpha value is -2.14. The molecule has 7 nitrogen and oxygen atoms in total. The van der Waals surface area contributed by atoms with Crippen molar-refractivity contribution in [2.45, 2.75) is 51.5 Å². The van der Waals surface area contributed by atoms with Gasteiger partial charge in [-0.2, -0.15) is 5.26 Å². The molecule has 2 saturated heterocycles. The summed E-state index contributed by atoms with van der Waals surface area (Å²) in [5.41, 5.74) is 1.47. The van der Waals surface area contributed by atoms with E-state index in [2.05, 4.69) is 21.2 Å². The van der Waals surface area contributed by atoms with Gasteiger partial charge in [-0.1, -0.05) is 12.1 Å². The number of ether oxygens (including phenoxy) is 2. The zero-order valence-corrected chi connectivity index (χ0v) is 17.7. The van der Waals surface area contributed by atoms with Gasteiger partial charge in [0.15, 0.2) is 0 Å². The molecule has 2 fully saturated rings. The molecular weight excluding hydrogens is 368 g/mol. The first-order valence-electron chi connectivity index (χ1n) is 10.4. The molecule has 0 spiro atoms. The first-order valence-corrected chi connectivity index (χ1v) is 10.4. The number of hydrogen-bond donors (Lipinski definition) is 1. The number of nitrogens with zero attached hydrogens (tertiary/aromatic N) is 3. The molecule has 1 amide bonds. The highest BCUT2D eigenvalue weighted by Gasteiger charge is 2.34. The SMILES string of the molecule is CC(C)(C)OC(=O)NCCCN1CC2CN(Cc3ccc(C#N)cc3)CC(C1)O2. The summed E-state index contributed by atoms with van der Waals surface area (Å²) in [5.74, 6) is 0. The van der Waals surface area contributed by atoms with Gasteiger partial charge in [0.05, 0.1) is 23.8 Å². The van der Waals surface area contributed by atoms with E-state index in [1.54, 1.807) is 0 Å².